The highest BCUT2D eigenvalue weighted by Crippen LogP contribution is 2.32. The number of phenols is 1. The third-order valence-corrected chi connectivity index (χ3v) is 4.47. The van der Waals surface area contributed by atoms with Gasteiger partial charge in [0.2, 0.25) is 5.28 Å². The number of hydrogen-bond acceptors (Lipinski definition) is 7. The molecule has 0 bridgehead atoms. The van der Waals surface area contributed by atoms with Crippen molar-refractivity contribution in [2.24, 2.45) is 0 Å². The van der Waals surface area contributed by atoms with Gasteiger partial charge in [0.25, 0.3) is 0 Å². The van der Waals surface area contributed by atoms with Crippen LogP contribution in [0.3, 0.4) is 0 Å². The molecule has 3 heterocycles. The van der Waals surface area contributed by atoms with E-state index in [9.17, 15) is 5.11 Å². The van der Waals surface area contributed by atoms with E-state index >= 15 is 0 Å². The molecule has 26 heavy (non-hydrogen) atoms. The number of nitrogens with zero attached hydrogens (tertiary/aromatic N) is 4. The van der Waals surface area contributed by atoms with Crippen molar-refractivity contribution >= 4 is 34.3 Å². The molecule has 0 spiro atoms. The topological polar surface area (TPSA) is 94.3 Å². The first-order valence-electron chi connectivity index (χ1n) is 8.31. The van der Waals surface area contributed by atoms with Crippen molar-refractivity contribution in [1.29, 1.82) is 0 Å². The summed E-state index contributed by atoms with van der Waals surface area (Å²) in [6, 6.07) is 4.97. The molecule has 1 unspecified atom stereocenters. The molecule has 1 atom stereocenters. The molecule has 2 aromatic heterocycles. The highest BCUT2D eigenvalue weighted by Gasteiger charge is 2.21. The summed E-state index contributed by atoms with van der Waals surface area (Å²) in [4.78, 5) is 13.0. The van der Waals surface area contributed by atoms with Gasteiger partial charge in [-0.2, -0.15) is 9.97 Å². The second-order valence-electron chi connectivity index (χ2n) is 6.00. The number of nitrogens with one attached hydrogen (secondary N) is 1. The second-order valence-corrected chi connectivity index (χ2v) is 6.34. The Kier molecular flexibility index (Phi) is 4.52. The van der Waals surface area contributed by atoms with Crippen molar-refractivity contribution < 1.29 is 14.6 Å². The number of benzene rings is 1. The molecule has 4 rings (SSSR count). The maximum absolute atomic E-state index is 9.95. The number of aromatic hydroxyl groups is 1. The molecule has 1 aromatic carbocycles. The number of anilines is 2. The quantitative estimate of drug-likeness (QED) is 0.672. The van der Waals surface area contributed by atoms with Crippen molar-refractivity contribution in [1.82, 2.24) is 19.5 Å². The second kappa shape index (κ2) is 6.97. The SMILES string of the molecule is COc1ccc(Nc2nc(Cl)nc3c2ncn3C2CCCCO2)cc1O. The first-order valence-corrected chi connectivity index (χ1v) is 8.69. The predicted molar refractivity (Wildman–Crippen MR) is 97.1 cm³/mol. The number of imidazole rings is 1. The van der Waals surface area contributed by atoms with Crippen molar-refractivity contribution in [3.63, 3.8) is 0 Å². The van der Waals surface area contributed by atoms with Crippen LogP contribution >= 0.6 is 11.6 Å². The van der Waals surface area contributed by atoms with Crippen LogP contribution in [0.1, 0.15) is 25.5 Å². The molecule has 0 saturated carbocycles. The van der Waals surface area contributed by atoms with Gasteiger partial charge in [-0.05, 0) is 43.0 Å². The van der Waals surface area contributed by atoms with Gasteiger partial charge in [-0.3, -0.25) is 4.57 Å². The van der Waals surface area contributed by atoms with Gasteiger partial charge in [0, 0.05) is 18.4 Å². The van der Waals surface area contributed by atoms with Crippen LogP contribution in [-0.4, -0.2) is 38.3 Å². The summed E-state index contributed by atoms with van der Waals surface area (Å²) in [5.41, 5.74) is 1.82. The van der Waals surface area contributed by atoms with Crippen LogP contribution < -0.4 is 10.1 Å². The van der Waals surface area contributed by atoms with E-state index in [4.69, 9.17) is 21.1 Å². The van der Waals surface area contributed by atoms with Crippen LogP contribution in [0.2, 0.25) is 5.28 Å². The smallest absolute Gasteiger partial charge is 0.226 e. The van der Waals surface area contributed by atoms with Crippen molar-refractivity contribution in [2.45, 2.75) is 25.5 Å². The summed E-state index contributed by atoms with van der Waals surface area (Å²) in [5.74, 6) is 0.870. The molecule has 136 valence electrons. The van der Waals surface area contributed by atoms with E-state index < -0.39 is 0 Å². The maximum Gasteiger partial charge on any atom is 0.226 e. The van der Waals surface area contributed by atoms with Crippen molar-refractivity contribution in [2.75, 3.05) is 19.0 Å². The van der Waals surface area contributed by atoms with Crippen LogP contribution in [0.5, 0.6) is 11.5 Å². The molecule has 0 radical (unpaired) electrons. The number of rotatable bonds is 4. The Morgan fingerprint density at radius 2 is 2.23 bits per heavy atom. The monoisotopic (exact) mass is 375 g/mol. The molecule has 2 N–H and O–H groups in total. The number of fused-ring (bicyclic) bond motifs is 1. The lowest BCUT2D eigenvalue weighted by Crippen LogP contribution is -2.17. The highest BCUT2D eigenvalue weighted by atomic mass is 35.5. The van der Waals surface area contributed by atoms with Crippen LogP contribution in [0.4, 0.5) is 11.5 Å². The van der Waals surface area contributed by atoms with Gasteiger partial charge < -0.3 is 19.9 Å². The Bertz CT molecular complexity index is 940. The van der Waals surface area contributed by atoms with Gasteiger partial charge >= 0.3 is 0 Å². The molecule has 0 aliphatic carbocycles. The van der Waals surface area contributed by atoms with Crippen LogP contribution in [0.25, 0.3) is 11.2 Å². The van der Waals surface area contributed by atoms with Crippen molar-refractivity contribution in [3.05, 3.63) is 29.8 Å². The molecular weight excluding hydrogens is 358 g/mol. The molecule has 0 amide bonds. The Morgan fingerprint density at radius 3 is 2.96 bits per heavy atom. The Morgan fingerprint density at radius 1 is 1.35 bits per heavy atom. The zero-order valence-electron chi connectivity index (χ0n) is 14.1. The zero-order valence-corrected chi connectivity index (χ0v) is 14.9. The minimum absolute atomic E-state index is 0.0232. The van der Waals surface area contributed by atoms with E-state index in [1.54, 1.807) is 24.5 Å². The molecule has 1 fully saturated rings. The lowest BCUT2D eigenvalue weighted by molar-refractivity contribution is -0.0298. The average molecular weight is 376 g/mol. The molecule has 1 aliphatic heterocycles. The fourth-order valence-electron chi connectivity index (χ4n) is 3.04. The lowest BCUT2D eigenvalue weighted by Gasteiger charge is -2.23. The molecule has 8 nitrogen and oxygen atoms in total. The highest BCUT2D eigenvalue weighted by molar-refractivity contribution is 6.28. The molecule has 3 aromatic rings. The summed E-state index contributed by atoms with van der Waals surface area (Å²) in [6.45, 7) is 0.722. The fraction of sp³-hybridized carbons (Fsp3) is 0.353. The van der Waals surface area contributed by atoms with E-state index in [0.717, 1.165) is 25.9 Å². The summed E-state index contributed by atoms with van der Waals surface area (Å²) in [6.07, 6.45) is 4.66. The molecule has 1 saturated heterocycles. The van der Waals surface area contributed by atoms with E-state index in [-0.39, 0.29) is 17.3 Å². The van der Waals surface area contributed by atoms with E-state index in [2.05, 4.69) is 20.3 Å². The van der Waals surface area contributed by atoms with Crippen LogP contribution in [-0.2, 0) is 4.74 Å². The third kappa shape index (κ3) is 3.13. The molecule has 9 heteroatoms. The number of aromatic nitrogens is 4. The average Bonchev–Trinajstić information content (AvgIpc) is 3.06. The minimum Gasteiger partial charge on any atom is -0.504 e. The summed E-state index contributed by atoms with van der Waals surface area (Å²) >= 11 is 6.12. The summed E-state index contributed by atoms with van der Waals surface area (Å²) < 4.78 is 12.8. The third-order valence-electron chi connectivity index (χ3n) is 4.30. The summed E-state index contributed by atoms with van der Waals surface area (Å²) in [7, 11) is 1.50. The Balaban J connectivity index is 1.71. The van der Waals surface area contributed by atoms with E-state index in [0.29, 0.717) is 28.4 Å². The lowest BCUT2D eigenvalue weighted by atomic mass is 10.2. The van der Waals surface area contributed by atoms with Gasteiger partial charge in [-0.25, -0.2) is 4.98 Å². The Hall–Kier alpha value is -2.58. The van der Waals surface area contributed by atoms with Gasteiger partial charge in [0.05, 0.1) is 13.4 Å². The fourth-order valence-corrected chi connectivity index (χ4v) is 3.20. The zero-order chi connectivity index (χ0) is 18.1. The minimum atomic E-state index is -0.0994. The number of methoxy groups -OCH3 is 1. The van der Waals surface area contributed by atoms with Crippen LogP contribution in [0, 0.1) is 0 Å². The number of halogens is 1. The normalized spacial score (nSPS) is 17.4. The standard InChI is InChI=1S/C17H18ClN5O3/c1-25-12-6-5-10(8-11(12)24)20-15-14-16(22-17(18)21-15)23(9-19-14)13-4-2-3-7-26-13/h5-6,8-9,13,24H,2-4,7H2,1H3,(H,20,21,22). The number of phenolic OH excluding ortho intramolecular Hbond substituents is 1. The maximum atomic E-state index is 9.95. The van der Waals surface area contributed by atoms with Crippen LogP contribution in [0.15, 0.2) is 24.5 Å². The van der Waals surface area contributed by atoms with Gasteiger partial charge in [0.1, 0.15) is 6.23 Å². The van der Waals surface area contributed by atoms with Gasteiger partial charge in [0.15, 0.2) is 28.5 Å². The first kappa shape index (κ1) is 16.9. The van der Waals surface area contributed by atoms with Gasteiger partial charge in [-0.1, -0.05) is 0 Å². The first-order chi connectivity index (χ1) is 12.7. The van der Waals surface area contributed by atoms with E-state index in [1.807, 2.05) is 4.57 Å². The summed E-state index contributed by atoms with van der Waals surface area (Å²) in [5, 5.41) is 13.2. The predicted octanol–water partition coefficient (Wildman–Crippen LogP) is 3.64. The van der Waals surface area contributed by atoms with Gasteiger partial charge in [-0.15, -0.1) is 0 Å². The molecule has 1 aliphatic rings. The van der Waals surface area contributed by atoms with Crippen molar-refractivity contribution in [3.8, 4) is 11.5 Å². The molecular formula is C17H18ClN5O3. The Labute approximate surface area is 154 Å². The number of hydrogen-bond donors (Lipinski definition) is 2. The number of ether oxygens (including phenoxy) is 2. The largest absolute Gasteiger partial charge is 0.504 e. The van der Waals surface area contributed by atoms with E-state index in [1.165, 1.54) is 7.11 Å².